The van der Waals surface area contributed by atoms with E-state index in [2.05, 4.69) is 22.6 Å². The summed E-state index contributed by atoms with van der Waals surface area (Å²) in [5, 5.41) is 0. The Balaban J connectivity index is -0.000000295. The molecule has 0 aliphatic rings. The van der Waals surface area contributed by atoms with E-state index >= 15 is 0 Å². The van der Waals surface area contributed by atoms with Gasteiger partial charge in [-0.3, -0.25) is 19.2 Å². The maximum absolute atomic E-state index is 10.5. The average Bonchev–Trinajstić information content (AvgIpc) is 2.33. The molecular formula is C14H20CuO6. The Morgan fingerprint density at radius 1 is 0.810 bits per heavy atom. The van der Waals surface area contributed by atoms with Gasteiger partial charge in [0.15, 0.2) is 0 Å². The minimum absolute atomic E-state index is 0. The Kier molecular flexibility index (Phi) is 18.9. The second-order valence-electron chi connectivity index (χ2n) is 3.70. The number of carbonyl (C=O) groups is 4. The first-order valence-corrected chi connectivity index (χ1v) is 5.85. The molecule has 0 amide bonds. The number of hydrogen-bond acceptors (Lipinski definition) is 6. The molecule has 0 aliphatic carbocycles. The van der Waals surface area contributed by atoms with E-state index in [9.17, 15) is 19.2 Å². The summed E-state index contributed by atoms with van der Waals surface area (Å²) >= 11 is 0. The molecule has 0 bridgehead atoms. The van der Waals surface area contributed by atoms with Crippen LogP contribution in [0.2, 0.25) is 0 Å². The van der Waals surface area contributed by atoms with Crippen LogP contribution in [0, 0.1) is 0 Å². The molecule has 0 aromatic rings. The zero-order valence-electron chi connectivity index (χ0n) is 12.1. The second kappa shape index (κ2) is 16.3. The van der Waals surface area contributed by atoms with Gasteiger partial charge < -0.3 is 9.47 Å². The van der Waals surface area contributed by atoms with E-state index in [0.717, 1.165) is 0 Å². The third-order valence-electron chi connectivity index (χ3n) is 1.51. The monoisotopic (exact) mass is 347 g/mol. The number of hydrogen-bond donors (Lipinski definition) is 0. The Morgan fingerprint density at radius 2 is 1.10 bits per heavy atom. The van der Waals surface area contributed by atoms with Gasteiger partial charge in [-0.05, 0) is 13.8 Å². The summed E-state index contributed by atoms with van der Waals surface area (Å²) < 4.78 is 9.05. The summed E-state index contributed by atoms with van der Waals surface area (Å²) in [7, 11) is 0. The van der Waals surface area contributed by atoms with Crippen LogP contribution in [-0.4, -0.2) is 36.7 Å². The predicted molar refractivity (Wildman–Crippen MR) is 72.9 cm³/mol. The first-order valence-electron chi connectivity index (χ1n) is 5.85. The molecule has 0 rings (SSSR count). The minimum atomic E-state index is -0.493. The van der Waals surface area contributed by atoms with Gasteiger partial charge in [0.25, 0.3) is 0 Å². The molecule has 0 aromatic carbocycles. The van der Waals surface area contributed by atoms with Crippen molar-refractivity contribution in [3.05, 3.63) is 25.3 Å². The largest absolute Gasteiger partial charge is 0.461 e. The van der Waals surface area contributed by atoms with Crippen molar-refractivity contribution in [2.24, 2.45) is 0 Å². The number of Topliss-reactive ketones (excluding diaryl/α,β-unsaturated/α-hetero) is 2. The van der Waals surface area contributed by atoms with Crippen LogP contribution in [-0.2, 0) is 45.7 Å². The molecule has 7 heteroatoms. The van der Waals surface area contributed by atoms with Gasteiger partial charge in [-0.15, -0.1) is 0 Å². The topological polar surface area (TPSA) is 86.7 Å². The zero-order valence-corrected chi connectivity index (χ0v) is 13.1. The molecule has 6 nitrogen and oxygen atoms in total. The van der Waals surface area contributed by atoms with Gasteiger partial charge in [-0.25, -0.2) is 0 Å². The van der Waals surface area contributed by atoms with Crippen molar-refractivity contribution in [3.63, 3.8) is 0 Å². The summed E-state index contributed by atoms with van der Waals surface area (Å²) in [5.41, 5.74) is 0. The van der Waals surface area contributed by atoms with Crippen LogP contribution >= 0.6 is 0 Å². The molecule has 0 heterocycles. The molecule has 0 aromatic heterocycles. The zero-order chi connectivity index (χ0) is 16.0. The van der Waals surface area contributed by atoms with E-state index in [1.807, 2.05) is 0 Å². The molecule has 0 unspecified atom stereocenters. The Labute approximate surface area is 135 Å². The first kappa shape index (κ1) is 24.3. The van der Waals surface area contributed by atoms with Crippen molar-refractivity contribution >= 4 is 23.5 Å². The van der Waals surface area contributed by atoms with E-state index in [1.165, 1.54) is 26.0 Å². The quantitative estimate of drug-likeness (QED) is 0.285. The molecule has 0 N–H and O–H groups in total. The van der Waals surface area contributed by atoms with Crippen molar-refractivity contribution in [2.45, 2.75) is 26.7 Å². The van der Waals surface area contributed by atoms with Crippen molar-refractivity contribution in [1.29, 1.82) is 0 Å². The van der Waals surface area contributed by atoms with Crippen molar-refractivity contribution in [1.82, 2.24) is 0 Å². The molecule has 21 heavy (non-hydrogen) atoms. The van der Waals surface area contributed by atoms with Crippen molar-refractivity contribution in [2.75, 3.05) is 13.2 Å². The fraction of sp³-hybridized carbons (Fsp3) is 0.429. The fourth-order valence-electron chi connectivity index (χ4n) is 0.812. The van der Waals surface area contributed by atoms with Crippen LogP contribution in [0.5, 0.6) is 0 Å². The van der Waals surface area contributed by atoms with E-state index in [-0.39, 0.29) is 54.7 Å². The normalized spacial score (nSPS) is 8.10. The van der Waals surface area contributed by atoms with Gasteiger partial charge in [-0.1, -0.05) is 25.3 Å². The van der Waals surface area contributed by atoms with Gasteiger partial charge >= 0.3 is 11.9 Å². The van der Waals surface area contributed by atoms with Gasteiger partial charge in [0.1, 0.15) is 37.6 Å². The van der Waals surface area contributed by atoms with Gasteiger partial charge in [-0.2, -0.15) is 0 Å². The van der Waals surface area contributed by atoms with Crippen molar-refractivity contribution < 1.29 is 45.7 Å². The molecule has 0 saturated carbocycles. The Morgan fingerprint density at radius 3 is 1.29 bits per heavy atom. The molecule has 0 saturated heterocycles. The molecular weight excluding hydrogens is 328 g/mol. The molecule has 0 aliphatic heterocycles. The standard InChI is InChI=1S/2C7H10O3.Cu/c2*1-3-4-10-7(9)5-6(2)8;/h2*3H,1,4-5H2,2H3;. The van der Waals surface area contributed by atoms with Crippen LogP contribution in [0.15, 0.2) is 25.3 Å². The maximum Gasteiger partial charge on any atom is 0.313 e. The summed E-state index contributed by atoms with van der Waals surface area (Å²) in [6.45, 7) is 9.73. The van der Waals surface area contributed by atoms with Crippen LogP contribution in [0.1, 0.15) is 26.7 Å². The number of carbonyl (C=O) groups excluding carboxylic acids is 4. The molecule has 0 fully saturated rings. The molecule has 0 spiro atoms. The van der Waals surface area contributed by atoms with Gasteiger partial charge in [0.2, 0.25) is 0 Å². The van der Waals surface area contributed by atoms with Crippen LogP contribution in [0.4, 0.5) is 0 Å². The third-order valence-corrected chi connectivity index (χ3v) is 1.51. The van der Waals surface area contributed by atoms with Crippen LogP contribution < -0.4 is 0 Å². The number of rotatable bonds is 8. The van der Waals surface area contributed by atoms with E-state index in [0.29, 0.717) is 0 Å². The SMILES string of the molecule is C=CCOC(=O)CC(C)=O.C=CCOC(=O)CC(C)=O.[Cu]. The van der Waals surface area contributed by atoms with E-state index in [4.69, 9.17) is 0 Å². The minimum Gasteiger partial charge on any atom is -0.461 e. The average molecular weight is 348 g/mol. The Bertz CT molecular complexity index is 340. The summed E-state index contributed by atoms with van der Waals surface area (Å²) in [4.78, 5) is 41.6. The Hall–Kier alpha value is -1.72. The number of ketones is 2. The van der Waals surface area contributed by atoms with Crippen molar-refractivity contribution in [3.8, 4) is 0 Å². The molecule has 123 valence electrons. The third kappa shape index (κ3) is 23.8. The second-order valence-corrected chi connectivity index (χ2v) is 3.70. The maximum atomic E-state index is 10.5. The molecule has 0 atom stereocenters. The predicted octanol–water partition coefficient (Wildman–Crippen LogP) is 1.39. The van der Waals surface area contributed by atoms with E-state index < -0.39 is 11.9 Å². The van der Waals surface area contributed by atoms with Crippen LogP contribution in [0.3, 0.4) is 0 Å². The molecule has 1 radical (unpaired) electrons. The fourth-order valence-corrected chi connectivity index (χ4v) is 0.812. The number of ether oxygens (including phenoxy) is 2. The van der Waals surface area contributed by atoms with E-state index in [1.54, 1.807) is 0 Å². The van der Waals surface area contributed by atoms with Gasteiger partial charge in [0.05, 0.1) is 0 Å². The summed E-state index contributed by atoms with van der Waals surface area (Å²) in [6.07, 6.45) is 2.62. The van der Waals surface area contributed by atoms with Crippen LogP contribution in [0.25, 0.3) is 0 Å². The first-order chi connectivity index (χ1) is 9.33. The summed E-state index contributed by atoms with van der Waals surface area (Å²) in [5.74, 6) is -1.36. The van der Waals surface area contributed by atoms with Gasteiger partial charge in [0, 0.05) is 17.1 Å². The smallest absolute Gasteiger partial charge is 0.313 e. The summed E-state index contributed by atoms with van der Waals surface area (Å²) in [6, 6.07) is 0. The number of esters is 2.